The van der Waals surface area contributed by atoms with E-state index in [1.807, 2.05) is 4.90 Å². The first-order valence-electron chi connectivity index (χ1n) is 6.66. The highest BCUT2D eigenvalue weighted by atomic mass is 16.2. The average molecular weight is 246 g/mol. The van der Waals surface area contributed by atoms with Gasteiger partial charge >= 0.3 is 0 Å². The summed E-state index contributed by atoms with van der Waals surface area (Å²) >= 11 is 0. The Bertz CT molecular complexity index is 411. The molecular formula is C15H22N2O. The van der Waals surface area contributed by atoms with Crippen LogP contribution in [0, 0.1) is 6.92 Å². The van der Waals surface area contributed by atoms with Crippen LogP contribution in [0.4, 0.5) is 0 Å². The van der Waals surface area contributed by atoms with E-state index >= 15 is 0 Å². The molecule has 1 aromatic carbocycles. The van der Waals surface area contributed by atoms with E-state index in [2.05, 4.69) is 50.4 Å². The number of likely N-dealkylation sites (tertiary alicyclic amines) is 1. The predicted octanol–water partition coefficient (Wildman–Crippen LogP) is 2.09. The predicted molar refractivity (Wildman–Crippen MR) is 73.3 cm³/mol. The van der Waals surface area contributed by atoms with Crippen molar-refractivity contribution in [1.82, 2.24) is 10.2 Å². The first kappa shape index (κ1) is 13.1. The highest BCUT2D eigenvalue weighted by Crippen LogP contribution is 2.16. The van der Waals surface area contributed by atoms with Gasteiger partial charge < -0.3 is 10.2 Å². The molecule has 2 rings (SSSR count). The van der Waals surface area contributed by atoms with Gasteiger partial charge in [-0.15, -0.1) is 0 Å². The molecule has 0 radical (unpaired) electrons. The van der Waals surface area contributed by atoms with Crippen LogP contribution in [0.1, 0.15) is 31.4 Å². The second kappa shape index (κ2) is 5.53. The Kier molecular flexibility index (Phi) is 4.02. The fourth-order valence-corrected chi connectivity index (χ4v) is 2.37. The third-order valence-electron chi connectivity index (χ3n) is 3.33. The second-order valence-corrected chi connectivity index (χ2v) is 5.41. The molecule has 0 aliphatic carbocycles. The van der Waals surface area contributed by atoms with Gasteiger partial charge in [-0.2, -0.15) is 0 Å². The summed E-state index contributed by atoms with van der Waals surface area (Å²) in [6.45, 7) is 7.83. The van der Waals surface area contributed by atoms with E-state index in [4.69, 9.17) is 0 Å². The Hall–Kier alpha value is -1.35. The molecule has 1 heterocycles. The molecule has 18 heavy (non-hydrogen) atoms. The Balaban J connectivity index is 1.95. The smallest absolute Gasteiger partial charge is 0.240 e. The number of nitrogens with one attached hydrogen (secondary N) is 1. The van der Waals surface area contributed by atoms with E-state index in [9.17, 15) is 4.79 Å². The van der Waals surface area contributed by atoms with Gasteiger partial charge in [0.05, 0.1) is 6.04 Å². The Morgan fingerprint density at radius 3 is 2.61 bits per heavy atom. The van der Waals surface area contributed by atoms with E-state index in [1.165, 1.54) is 11.1 Å². The maximum absolute atomic E-state index is 12.2. The van der Waals surface area contributed by atoms with Gasteiger partial charge in [0.25, 0.3) is 0 Å². The lowest BCUT2D eigenvalue weighted by Gasteiger charge is -2.18. The zero-order valence-corrected chi connectivity index (χ0v) is 11.4. The summed E-state index contributed by atoms with van der Waals surface area (Å²) in [6.07, 6.45) is 0.920. The van der Waals surface area contributed by atoms with Crippen molar-refractivity contribution in [3.63, 3.8) is 0 Å². The summed E-state index contributed by atoms with van der Waals surface area (Å²) in [6, 6.07) is 8.77. The number of hydrogen-bond donors (Lipinski definition) is 1. The number of amides is 1. The molecule has 1 unspecified atom stereocenters. The second-order valence-electron chi connectivity index (χ2n) is 5.41. The van der Waals surface area contributed by atoms with Gasteiger partial charge in [-0.05, 0) is 18.9 Å². The number of hydrogen-bond acceptors (Lipinski definition) is 2. The van der Waals surface area contributed by atoms with E-state index in [0.717, 1.165) is 19.5 Å². The zero-order valence-electron chi connectivity index (χ0n) is 11.4. The molecule has 3 heteroatoms. The molecule has 1 aromatic rings. The Morgan fingerprint density at radius 1 is 1.33 bits per heavy atom. The third kappa shape index (κ3) is 3.10. The molecule has 1 amide bonds. The topological polar surface area (TPSA) is 32.3 Å². The van der Waals surface area contributed by atoms with Gasteiger partial charge in [-0.3, -0.25) is 4.79 Å². The van der Waals surface area contributed by atoms with Crippen LogP contribution in [0.5, 0.6) is 0 Å². The summed E-state index contributed by atoms with van der Waals surface area (Å²) in [7, 11) is 0. The lowest BCUT2D eigenvalue weighted by Crippen LogP contribution is -2.41. The highest BCUT2D eigenvalue weighted by molar-refractivity contribution is 5.84. The normalized spacial score (nSPS) is 19.9. The van der Waals surface area contributed by atoms with Crippen molar-refractivity contribution in [2.24, 2.45) is 0 Å². The molecule has 3 nitrogen and oxygen atoms in total. The molecule has 1 fully saturated rings. The first-order chi connectivity index (χ1) is 8.56. The molecule has 1 N–H and O–H groups in total. The fourth-order valence-electron chi connectivity index (χ4n) is 2.37. The number of nitrogens with zero attached hydrogens (tertiary/aromatic N) is 1. The Morgan fingerprint density at radius 2 is 2.00 bits per heavy atom. The van der Waals surface area contributed by atoms with Crippen LogP contribution < -0.4 is 5.32 Å². The molecule has 0 bridgehead atoms. The van der Waals surface area contributed by atoms with Gasteiger partial charge in [0.1, 0.15) is 0 Å². The highest BCUT2D eigenvalue weighted by Gasteiger charge is 2.31. The minimum atomic E-state index is 0.00967. The molecule has 0 saturated carbocycles. The van der Waals surface area contributed by atoms with Crippen LogP contribution in [0.25, 0.3) is 0 Å². The zero-order chi connectivity index (χ0) is 13.1. The third-order valence-corrected chi connectivity index (χ3v) is 3.33. The molecule has 98 valence electrons. The lowest BCUT2D eigenvalue weighted by molar-refractivity contribution is -0.130. The van der Waals surface area contributed by atoms with Crippen molar-refractivity contribution in [2.75, 3.05) is 6.54 Å². The fraction of sp³-hybridized carbons (Fsp3) is 0.533. The van der Waals surface area contributed by atoms with E-state index in [1.54, 1.807) is 0 Å². The molecule has 0 spiro atoms. The van der Waals surface area contributed by atoms with Crippen molar-refractivity contribution in [2.45, 2.75) is 45.8 Å². The summed E-state index contributed by atoms with van der Waals surface area (Å²) in [5, 5.41) is 3.33. The van der Waals surface area contributed by atoms with Crippen LogP contribution in [0.2, 0.25) is 0 Å². The lowest BCUT2D eigenvalue weighted by atomic mass is 10.1. The minimum absolute atomic E-state index is 0.00967. The maximum atomic E-state index is 12.2. The molecule has 1 aliphatic heterocycles. The molecule has 1 atom stereocenters. The number of carbonyl (C=O) groups excluding carboxylic acids is 1. The summed E-state index contributed by atoms with van der Waals surface area (Å²) in [5.41, 5.74) is 2.46. The summed E-state index contributed by atoms with van der Waals surface area (Å²) in [4.78, 5) is 14.1. The van der Waals surface area contributed by atoms with E-state index in [0.29, 0.717) is 6.04 Å². The van der Waals surface area contributed by atoms with Gasteiger partial charge in [-0.1, -0.05) is 43.7 Å². The number of aryl methyl sites for hydroxylation is 1. The molecule has 1 saturated heterocycles. The first-order valence-corrected chi connectivity index (χ1v) is 6.66. The van der Waals surface area contributed by atoms with Crippen molar-refractivity contribution in [3.05, 3.63) is 35.4 Å². The average Bonchev–Trinajstić information content (AvgIpc) is 2.64. The van der Waals surface area contributed by atoms with Crippen LogP contribution in [-0.2, 0) is 11.3 Å². The van der Waals surface area contributed by atoms with E-state index in [-0.39, 0.29) is 11.9 Å². The quantitative estimate of drug-likeness (QED) is 0.882. The van der Waals surface area contributed by atoms with Crippen molar-refractivity contribution < 1.29 is 4.79 Å². The van der Waals surface area contributed by atoms with Crippen molar-refractivity contribution in [3.8, 4) is 0 Å². The van der Waals surface area contributed by atoms with E-state index < -0.39 is 0 Å². The number of rotatable bonds is 4. The summed E-state index contributed by atoms with van der Waals surface area (Å²) in [5.74, 6) is 0.240. The minimum Gasteiger partial charge on any atom is -0.337 e. The van der Waals surface area contributed by atoms with Crippen LogP contribution in [0.15, 0.2) is 24.3 Å². The van der Waals surface area contributed by atoms with Crippen LogP contribution in [-0.4, -0.2) is 29.4 Å². The van der Waals surface area contributed by atoms with Gasteiger partial charge in [0.2, 0.25) is 5.91 Å². The van der Waals surface area contributed by atoms with Crippen LogP contribution in [0.3, 0.4) is 0 Å². The van der Waals surface area contributed by atoms with Gasteiger partial charge in [0, 0.05) is 19.1 Å². The SMILES string of the molecule is Cc1ccc(CN2CCC(NC(C)C)C2=O)cc1. The van der Waals surface area contributed by atoms with Gasteiger partial charge in [0.15, 0.2) is 0 Å². The Labute approximate surface area is 109 Å². The molecular weight excluding hydrogens is 224 g/mol. The largest absolute Gasteiger partial charge is 0.337 e. The summed E-state index contributed by atoms with van der Waals surface area (Å²) < 4.78 is 0. The maximum Gasteiger partial charge on any atom is 0.240 e. The van der Waals surface area contributed by atoms with Crippen molar-refractivity contribution in [1.29, 1.82) is 0 Å². The standard InChI is InChI=1S/C15H22N2O/c1-11(2)16-14-8-9-17(15(14)18)10-13-6-4-12(3)5-7-13/h4-7,11,14,16H,8-10H2,1-3H3. The monoisotopic (exact) mass is 246 g/mol. The number of carbonyl (C=O) groups is 1. The van der Waals surface area contributed by atoms with Crippen molar-refractivity contribution >= 4 is 5.91 Å². The molecule has 1 aliphatic rings. The van der Waals surface area contributed by atoms with Gasteiger partial charge in [-0.25, -0.2) is 0 Å². The van der Waals surface area contributed by atoms with Crippen LogP contribution >= 0.6 is 0 Å². The number of benzene rings is 1. The molecule has 0 aromatic heterocycles.